The SMILES string of the molecule is Cl.Cn1cc([C@H]2CNC[C@@H]2C(=O)N2Cc3ccccc3C2)cn1. The zero-order valence-electron chi connectivity index (χ0n) is 13.1. The maximum atomic E-state index is 13.0. The van der Waals surface area contributed by atoms with Crippen LogP contribution in [0, 0.1) is 5.92 Å². The molecule has 5 nitrogen and oxygen atoms in total. The van der Waals surface area contributed by atoms with E-state index in [1.165, 1.54) is 11.1 Å². The summed E-state index contributed by atoms with van der Waals surface area (Å²) < 4.78 is 1.81. The molecule has 1 N–H and O–H groups in total. The number of halogens is 1. The zero-order valence-corrected chi connectivity index (χ0v) is 13.9. The largest absolute Gasteiger partial charge is 0.334 e. The van der Waals surface area contributed by atoms with Crippen molar-refractivity contribution in [2.24, 2.45) is 13.0 Å². The third-order valence-electron chi connectivity index (χ3n) is 4.84. The minimum Gasteiger partial charge on any atom is -0.334 e. The summed E-state index contributed by atoms with van der Waals surface area (Å²) in [4.78, 5) is 15.0. The number of carbonyl (C=O) groups is 1. The highest BCUT2D eigenvalue weighted by Crippen LogP contribution is 2.32. The molecule has 0 bridgehead atoms. The van der Waals surface area contributed by atoms with Gasteiger partial charge in [-0.2, -0.15) is 5.10 Å². The van der Waals surface area contributed by atoms with Crippen LogP contribution in [-0.4, -0.2) is 33.7 Å². The predicted octanol–water partition coefficient (Wildman–Crippen LogP) is 1.69. The topological polar surface area (TPSA) is 50.2 Å². The Hall–Kier alpha value is -1.85. The molecule has 1 aromatic heterocycles. The lowest BCUT2D eigenvalue weighted by atomic mass is 9.90. The maximum Gasteiger partial charge on any atom is 0.228 e. The molecule has 3 heterocycles. The molecule has 23 heavy (non-hydrogen) atoms. The van der Waals surface area contributed by atoms with Gasteiger partial charge in [-0.05, 0) is 16.7 Å². The number of hydrogen-bond acceptors (Lipinski definition) is 3. The highest BCUT2D eigenvalue weighted by atomic mass is 35.5. The van der Waals surface area contributed by atoms with Crippen molar-refractivity contribution in [3.05, 3.63) is 53.3 Å². The van der Waals surface area contributed by atoms with Crippen LogP contribution in [0.4, 0.5) is 0 Å². The van der Waals surface area contributed by atoms with E-state index in [9.17, 15) is 4.79 Å². The minimum atomic E-state index is 0. The van der Waals surface area contributed by atoms with Gasteiger partial charge in [0.05, 0.1) is 12.1 Å². The van der Waals surface area contributed by atoms with Crippen molar-refractivity contribution >= 4 is 18.3 Å². The first-order valence-electron chi connectivity index (χ1n) is 7.77. The maximum absolute atomic E-state index is 13.0. The summed E-state index contributed by atoms with van der Waals surface area (Å²) in [6, 6.07) is 8.33. The number of carbonyl (C=O) groups excluding carboxylic acids is 1. The fourth-order valence-electron chi connectivity index (χ4n) is 3.64. The summed E-state index contributed by atoms with van der Waals surface area (Å²) >= 11 is 0. The number of rotatable bonds is 2. The Balaban J connectivity index is 0.00000156. The third kappa shape index (κ3) is 2.86. The summed E-state index contributed by atoms with van der Waals surface area (Å²) in [7, 11) is 1.92. The number of nitrogens with one attached hydrogen (secondary N) is 1. The quantitative estimate of drug-likeness (QED) is 0.910. The summed E-state index contributed by atoms with van der Waals surface area (Å²) in [6.45, 7) is 3.09. The number of benzene rings is 1. The van der Waals surface area contributed by atoms with Gasteiger partial charge in [-0.25, -0.2) is 0 Å². The first-order chi connectivity index (χ1) is 10.7. The molecule has 2 aliphatic rings. The average Bonchev–Trinajstić information content (AvgIpc) is 3.24. The highest BCUT2D eigenvalue weighted by Gasteiger charge is 2.38. The molecule has 1 fully saturated rings. The fourth-order valence-corrected chi connectivity index (χ4v) is 3.64. The summed E-state index contributed by atoms with van der Waals surface area (Å²) in [5.41, 5.74) is 3.71. The molecule has 2 atom stereocenters. The van der Waals surface area contributed by atoms with Gasteiger partial charge in [-0.1, -0.05) is 24.3 Å². The lowest BCUT2D eigenvalue weighted by Crippen LogP contribution is -2.35. The van der Waals surface area contributed by atoms with Crippen LogP contribution in [-0.2, 0) is 24.9 Å². The van der Waals surface area contributed by atoms with Gasteiger partial charge in [0.1, 0.15) is 0 Å². The molecule has 2 aliphatic heterocycles. The lowest BCUT2D eigenvalue weighted by Gasteiger charge is -2.23. The normalized spacial score (nSPS) is 22.7. The Morgan fingerprint density at radius 2 is 1.91 bits per heavy atom. The van der Waals surface area contributed by atoms with Gasteiger partial charge in [0, 0.05) is 45.3 Å². The molecular formula is C17H21ClN4O. The van der Waals surface area contributed by atoms with E-state index in [4.69, 9.17) is 0 Å². The third-order valence-corrected chi connectivity index (χ3v) is 4.84. The van der Waals surface area contributed by atoms with E-state index in [-0.39, 0.29) is 30.2 Å². The Kier molecular flexibility index (Phi) is 4.41. The molecule has 122 valence electrons. The van der Waals surface area contributed by atoms with Crippen LogP contribution in [0.15, 0.2) is 36.7 Å². The second kappa shape index (κ2) is 6.34. The molecule has 0 aliphatic carbocycles. The van der Waals surface area contributed by atoms with E-state index in [2.05, 4.69) is 22.5 Å². The molecule has 1 saturated heterocycles. The second-order valence-corrected chi connectivity index (χ2v) is 6.28. The number of aryl methyl sites for hydroxylation is 1. The molecular weight excluding hydrogens is 312 g/mol. The molecule has 0 radical (unpaired) electrons. The van der Waals surface area contributed by atoms with E-state index in [0.29, 0.717) is 0 Å². The van der Waals surface area contributed by atoms with Crippen LogP contribution in [0.5, 0.6) is 0 Å². The van der Waals surface area contributed by atoms with Gasteiger partial charge in [-0.15, -0.1) is 12.4 Å². The zero-order chi connectivity index (χ0) is 15.1. The van der Waals surface area contributed by atoms with Crippen molar-refractivity contribution in [1.29, 1.82) is 0 Å². The van der Waals surface area contributed by atoms with Crippen molar-refractivity contribution in [3.63, 3.8) is 0 Å². The minimum absolute atomic E-state index is 0. The number of hydrogen-bond donors (Lipinski definition) is 1. The molecule has 1 aromatic carbocycles. The lowest BCUT2D eigenvalue weighted by molar-refractivity contribution is -0.136. The van der Waals surface area contributed by atoms with E-state index in [0.717, 1.165) is 31.7 Å². The number of aromatic nitrogens is 2. The number of fused-ring (bicyclic) bond motifs is 1. The van der Waals surface area contributed by atoms with Crippen LogP contribution in [0.2, 0.25) is 0 Å². The van der Waals surface area contributed by atoms with Crippen LogP contribution in [0.1, 0.15) is 22.6 Å². The Bertz CT molecular complexity index is 689. The van der Waals surface area contributed by atoms with Crippen molar-refractivity contribution in [1.82, 2.24) is 20.0 Å². The van der Waals surface area contributed by atoms with E-state index < -0.39 is 0 Å². The molecule has 0 unspecified atom stereocenters. The average molecular weight is 333 g/mol. The predicted molar refractivity (Wildman–Crippen MR) is 90.3 cm³/mol. The van der Waals surface area contributed by atoms with Gasteiger partial charge in [-0.3, -0.25) is 9.48 Å². The number of nitrogens with zero attached hydrogens (tertiary/aromatic N) is 3. The molecule has 2 aromatic rings. The fraction of sp³-hybridized carbons (Fsp3) is 0.412. The Morgan fingerprint density at radius 1 is 1.22 bits per heavy atom. The smallest absolute Gasteiger partial charge is 0.228 e. The van der Waals surface area contributed by atoms with Gasteiger partial charge < -0.3 is 10.2 Å². The molecule has 0 spiro atoms. The highest BCUT2D eigenvalue weighted by molar-refractivity contribution is 5.85. The first kappa shape index (κ1) is 16.0. The molecule has 0 saturated carbocycles. The van der Waals surface area contributed by atoms with Gasteiger partial charge in [0.15, 0.2) is 0 Å². The second-order valence-electron chi connectivity index (χ2n) is 6.28. The van der Waals surface area contributed by atoms with Crippen LogP contribution >= 0.6 is 12.4 Å². The summed E-state index contributed by atoms with van der Waals surface area (Å²) in [6.07, 6.45) is 3.91. The van der Waals surface area contributed by atoms with Crippen LogP contribution in [0.3, 0.4) is 0 Å². The molecule has 1 amide bonds. The van der Waals surface area contributed by atoms with Gasteiger partial charge in [0.2, 0.25) is 5.91 Å². The van der Waals surface area contributed by atoms with Crippen molar-refractivity contribution < 1.29 is 4.79 Å². The monoisotopic (exact) mass is 332 g/mol. The van der Waals surface area contributed by atoms with Crippen molar-refractivity contribution in [2.75, 3.05) is 13.1 Å². The van der Waals surface area contributed by atoms with Crippen LogP contribution in [0.25, 0.3) is 0 Å². The van der Waals surface area contributed by atoms with E-state index in [1.807, 2.05) is 36.5 Å². The number of amides is 1. The Morgan fingerprint density at radius 3 is 2.52 bits per heavy atom. The molecule has 6 heteroatoms. The van der Waals surface area contributed by atoms with E-state index >= 15 is 0 Å². The molecule has 4 rings (SSSR count). The van der Waals surface area contributed by atoms with Gasteiger partial charge in [0.25, 0.3) is 0 Å². The van der Waals surface area contributed by atoms with Crippen LogP contribution < -0.4 is 5.32 Å². The summed E-state index contributed by atoms with van der Waals surface area (Å²) in [5.74, 6) is 0.499. The van der Waals surface area contributed by atoms with Gasteiger partial charge >= 0.3 is 0 Å². The van der Waals surface area contributed by atoms with E-state index in [1.54, 1.807) is 4.68 Å². The van der Waals surface area contributed by atoms with Crippen molar-refractivity contribution in [3.8, 4) is 0 Å². The first-order valence-corrected chi connectivity index (χ1v) is 7.77. The standard InChI is InChI=1S/C17H20N4O.ClH/c1-20-9-14(6-19-20)15-7-18-8-16(15)17(22)21-10-12-4-2-3-5-13(12)11-21;/h2-6,9,15-16,18H,7-8,10-11H2,1H3;1H/t15-,16+;/m1./s1. The van der Waals surface area contributed by atoms with Crippen molar-refractivity contribution in [2.45, 2.75) is 19.0 Å². The summed E-state index contributed by atoms with van der Waals surface area (Å²) in [5, 5.41) is 7.62. The Labute approximate surface area is 142 Å².